The summed E-state index contributed by atoms with van der Waals surface area (Å²) in [5, 5.41) is 11.4. The van der Waals surface area contributed by atoms with E-state index in [1.54, 1.807) is 7.11 Å². The molecule has 0 saturated carbocycles. The van der Waals surface area contributed by atoms with Crippen LogP contribution in [0.1, 0.15) is 45.4 Å². The highest BCUT2D eigenvalue weighted by atomic mass is 16.5. The minimum absolute atomic E-state index is 0.0721. The number of ether oxygens (including phenoxy) is 1. The number of nitrogens with two attached hydrogens (primary N) is 1. The maximum atomic E-state index is 10.9. The second-order valence-electron chi connectivity index (χ2n) is 4.60. The summed E-state index contributed by atoms with van der Waals surface area (Å²) in [5.41, 5.74) is 4.65. The van der Waals surface area contributed by atoms with Crippen molar-refractivity contribution in [2.24, 2.45) is 5.73 Å². The van der Waals surface area contributed by atoms with Crippen molar-refractivity contribution in [3.8, 4) is 6.07 Å². The highest BCUT2D eigenvalue weighted by molar-refractivity contribution is 5.73. The number of hydrogen-bond donors (Lipinski definition) is 2. The fourth-order valence-corrected chi connectivity index (χ4v) is 1.99. The van der Waals surface area contributed by atoms with E-state index in [0.29, 0.717) is 32.2 Å². The Kier molecular flexibility index (Phi) is 8.55. The van der Waals surface area contributed by atoms with E-state index in [4.69, 9.17) is 15.7 Å². The Morgan fingerprint density at radius 1 is 1.37 bits per heavy atom. The lowest BCUT2D eigenvalue weighted by atomic mass is 9.87. The van der Waals surface area contributed by atoms with Crippen molar-refractivity contribution >= 4 is 11.8 Å². The van der Waals surface area contributed by atoms with Gasteiger partial charge in [-0.3, -0.25) is 9.59 Å². The van der Waals surface area contributed by atoms with Crippen molar-refractivity contribution in [3.05, 3.63) is 0 Å². The SMILES string of the molecule is COC(CCC#N)(CCCNC(C)=O)CCC(N)=O. The summed E-state index contributed by atoms with van der Waals surface area (Å²) in [5.74, 6) is -0.447. The molecule has 0 radical (unpaired) electrons. The van der Waals surface area contributed by atoms with Crippen LogP contribution < -0.4 is 11.1 Å². The summed E-state index contributed by atoms with van der Waals surface area (Å²) in [6.07, 6.45) is 3.08. The summed E-state index contributed by atoms with van der Waals surface area (Å²) in [4.78, 5) is 21.7. The van der Waals surface area contributed by atoms with Crippen LogP contribution in [0.2, 0.25) is 0 Å². The van der Waals surface area contributed by atoms with Crippen molar-refractivity contribution in [3.63, 3.8) is 0 Å². The average molecular weight is 269 g/mol. The van der Waals surface area contributed by atoms with Gasteiger partial charge in [0.15, 0.2) is 0 Å². The van der Waals surface area contributed by atoms with Gasteiger partial charge in [-0.1, -0.05) is 0 Å². The standard InChI is InChI=1S/C13H23N3O3/c1-11(17)16-10-4-7-13(19-2,6-3-9-14)8-5-12(15)18/h3-8,10H2,1-2H3,(H2,15,18)(H,16,17). The third-order valence-electron chi connectivity index (χ3n) is 3.14. The van der Waals surface area contributed by atoms with E-state index in [2.05, 4.69) is 11.4 Å². The molecule has 0 heterocycles. The number of carbonyl (C=O) groups excluding carboxylic acids is 2. The van der Waals surface area contributed by atoms with Gasteiger partial charge >= 0.3 is 0 Å². The van der Waals surface area contributed by atoms with Gasteiger partial charge in [-0.05, 0) is 25.7 Å². The van der Waals surface area contributed by atoms with Crippen LogP contribution in [0, 0.1) is 11.3 Å². The normalized spacial score (nSPS) is 13.3. The molecule has 0 spiro atoms. The molecule has 0 bridgehead atoms. The fraction of sp³-hybridized carbons (Fsp3) is 0.769. The molecular formula is C13H23N3O3. The van der Waals surface area contributed by atoms with Gasteiger partial charge in [0.05, 0.1) is 11.7 Å². The number of methoxy groups -OCH3 is 1. The Hall–Kier alpha value is -1.61. The summed E-state index contributed by atoms with van der Waals surface area (Å²) < 4.78 is 5.53. The smallest absolute Gasteiger partial charge is 0.217 e. The maximum absolute atomic E-state index is 10.9. The van der Waals surface area contributed by atoms with Crippen LogP contribution in [-0.2, 0) is 14.3 Å². The number of hydrogen-bond acceptors (Lipinski definition) is 4. The van der Waals surface area contributed by atoms with Gasteiger partial charge in [0.2, 0.25) is 11.8 Å². The molecule has 0 aromatic carbocycles. The molecule has 108 valence electrons. The second-order valence-corrected chi connectivity index (χ2v) is 4.60. The molecule has 0 fully saturated rings. The van der Waals surface area contributed by atoms with Crippen molar-refractivity contribution in [2.75, 3.05) is 13.7 Å². The molecule has 0 aromatic heterocycles. The molecule has 0 rings (SSSR count). The summed E-state index contributed by atoms with van der Waals surface area (Å²) in [6, 6.07) is 2.09. The minimum Gasteiger partial charge on any atom is -0.378 e. The number of amides is 2. The molecule has 0 aliphatic heterocycles. The largest absolute Gasteiger partial charge is 0.378 e. The van der Waals surface area contributed by atoms with Crippen LogP contribution in [0.15, 0.2) is 0 Å². The zero-order chi connectivity index (χ0) is 14.7. The van der Waals surface area contributed by atoms with Crippen LogP contribution >= 0.6 is 0 Å². The summed E-state index contributed by atoms with van der Waals surface area (Å²) >= 11 is 0. The predicted octanol–water partition coefficient (Wildman–Crippen LogP) is 0.857. The zero-order valence-corrected chi connectivity index (χ0v) is 11.7. The van der Waals surface area contributed by atoms with E-state index in [0.717, 1.165) is 6.42 Å². The second kappa shape index (κ2) is 9.34. The number of nitriles is 1. The van der Waals surface area contributed by atoms with E-state index >= 15 is 0 Å². The van der Waals surface area contributed by atoms with E-state index in [1.807, 2.05) is 0 Å². The first-order chi connectivity index (χ1) is 8.95. The molecule has 6 nitrogen and oxygen atoms in total. The molecule has 2 amide bonds. The maximum Gasteiger partial charge on any atom is 0.217 e. The van der Waals surface area contributed by atoms with Crippen LogP contribution in [-0.4, -0.2) is 31.1 Å². The molecule has 3 N–H and O–H groups in total. The number of rotatable bonds is 10. The minimum atomic E-state index is -0.511. The zero-order valence-electron chi connectivity index (χ0n) is 11.7. The summed E-state index contributed by atoms with van der Waals surface area (Å²) in [6.45, 7) is 2.02. The van der Waals surface area contributed by atoms with Crippen molar-refractivity contribution in [2.45, 2.75) is 51.0 Å². The lowest BCUT2D eigenvalue weighted by Crippen LogP contribution is -2.34. The Morgan fingerprint density at radius 2 is 2.05 bits per heavy atom. The van der Waals surface area contributed by atoms with Crippen LogP contribution in [0.4, 0.5) is 0 Å². The fourth-order valence-electron chi connectivity index (χ4n) is 1.99. The Morgan fingerprint density at radius 3 is 2.53 bits per heavy atom. The number of nitrogens with one attached hydrogen (secondary N) is 1. The van der Waals surface area contributed by atoms with Crippen LogP contribution in [0.25, 0.3) is 0 Å². The van der Waals surface area contributed by atoms with Crippen molar-refractivity contribution in [1.29, 1.82) is 5.26 Å². The number of carbonyl (C=O) groups is 2. The Bertz CT molecular complexity index is 339. The van der Waals surface area contributed by atoms with Gasteiger partial charge < -0.3 is 15.8 Å². The van der Waals surface area contributed by atoms with Crippen LogP contribution in [0.5, 0.6) is 0 Å². The van der Waals surface area contributed by atoms with E-state index in [-0.39, 0.29) is 18.2 Å². The molecule has 1 atom stereocenters. The molecule has 0 aromatic rings. The van der Waals surface area contributed by atoms with Gasteiger partial charge in [0, 0.05) is 33.4 Å². The quantitative estimate of drug-likeness (QED) is 0.574. The molecule has 0 aliphatic rings. The number of primary amides is 1. The van der Waals surface area contributed by atoms with Crippen LogP contribution in [0.3, 0.4) is 0 Å². The van der Waals surface area contributed by atoms with E-state index in [9.17, 15) is 9.59 Å². The third-order valence-corrected chi connectivity index (χ3v) is 3.14. The highest BCUT2D eigenvalue weighted by Crippen LogP contribution is 2.28. The average Bonchev–Trinajstić information content (AvgIpc) is 2.37. The molecule has 6 heteroatoms. The highest BCUT2D eigenvalue weighted by Gasteiger charge is 2.29. The van der Waals surface area contributed by atoms with Crippen molar-refractivity contribution in [1.82, 2.24) is 5.32 Å². The lowest BCUT2D eigenvalue weighted by Gasteiger charge is -2.32. The van der Waals surface area contributed by atoms with Gasteiger partial charge in [-0.2, -0.15) is 5.26 Å². The Labute approximate surface area is 114 Å². The first kappa shape index (κ1) is 17.4. The van der Waals surface area contributed by atoms with Crippen molar-refractivity contribution < 1.29 is 14.3 Å². The third kappa shape index (κ3) is 8.16. The molecule has 19 heavy (non-hydrogen) atoms. The molecule has 0 aliphatic carbocycles. The van der Waals surface area contributed by atoms with Gasteiger partial charge in [0.1, 0.15) is 0 Å². The van der Waals surface area contributed by atoms with Gasteiger partial charge in [-0.25, -0.2) is 0 Å². The first-order valence-electron chi connectivity index (χ1n) is 6.40. The molecule has 1 unspecified atom stereocenters. The lowest BCUT2D eigenvalue weighted by molar-refractivity contribution is -0.120. The van der Waals surface area contributed by atoms with Gasteiger partial charge in [-0.15, -0.1) is 0 Å². The van der Waals surface area contributed by atoms with Gasteiger partial charge in [0.25, 0.3) is 0 Å². The first-order valence-corrected chi connectivity index (χ1v) is 6.40. The van der Waals surface area contributed by atoms with E-state index in [1.165, 1.54) is 6.92 Å². The topological polar surface area (TPSA) is 105 Å². The van der Waals surface area contributed by atoms with E-state index < -0.39 is 5.60 Å². The Balaban J connectivity index is 4.39. The molecule has 0 saturated heterocycles. The summed E-state index contributed by atoms with van der Waals surface area (Å²) in [7, 11) is 1.58. The molecular weight excluding hydrogens is 246 g/mol. The monoisotopic (exact) mass is 269 g/mol. The number of nitrogens with zero attached hydrogens (tertiary/aromatic N) is 1. The predicted molar refractivity (Wildman–Crippen MR) is 70.9 cm³/mol.